The molecule has 7 heteroatoms. The van der Waals surface area contributed by atoms with Crippen LogP contribution in [0.5, 0.6) is 0 Å². The summed E-state index contributed by atoms with van der Waals surface area (Å²) in [7, 11) is 0. The summed E-state index contributed by atoms with van der Waals surface area (Å²) in [6.45, 7) is 1.63. The summed E-state index contributed by atoms with van der Waals surface area (Å²) in [6, 6.07) is 21.1. The molecule has 2 aromatic carbocycles. The van der Waals surface area contributed by atoms with Gasteiger partial charge in [-0.15, -0.1) is 0 Å². The Morgan fingerprint density at radius 1 is 1.00 bits per heavy atom. The minimum absolute atomic E-state index is 0.265. The van der Waals surface area contributed by atoms with Crippen molar-refractivity contribution in [2.45, 2.75) is 31.7 Å². The molecule has 0 radical (unpaired) electrons. The maximum atomic E-state index is 13.6. The van der Waals surface area contributed by atoms with Crippen LogP contribution in [0.15, 0.2) is 54.6 Å². The van der Waals surface area contributed by atoms with Crippen LogP contribution in [0.3, 0.4) is 0 Å². The second kappa shape index (κ2) is 7.20. The molecule has 0 amide bonds. The molecule has 2 aliphatic heterocycles. The third-order valence-corrected chi connectivity index (χ3v) is 6.57. The maximum Gasteiger partial charge on any atom is 0.243 e. The van der Waals surface area contributed by atoms with Crippen molar-refractivity contribution < 1.29 is 13.9 Å². The third-order valence-electron chi connectivity index (χ3n) is 6.57. The van der Waals surface area contributed by atoms with Gasteiger partial charge < -0.3 is 9.47 Å². The Balaban J connectivity index is 1.86. The molecule has 1 N–H and O–H groups in total. The number of fused-ring (bicyclic) bond motifs is 2. The van der Waals surface area contributed by atoms with Gasteiger partial charge in [-0.3, -0.25) is 5.41 Å². The number of nitrogens with zero attached hydrogens (tertiary/aromatic N) is 3. The molecule has 2 aromatic rings. The highest BCUT2D eigenvalue weighted by atomic mass is 19.1. The molecule has 2 saturated heterocycles. The molecule has 31 heavy (non-hydrogen) atoms. The van der Waals surface area contributed by atoms with E-state index in [1.807, 2.05) is 42.5 Å². The summed E-state index contributed by atoms with van der Waals surface area (Å²) in [6.07, 6.45) is -0.244. The first-order valence-corrected chi connectivity index (χ1v) is 9.90. The maximum absolute atomic E-state index is 13.6. The van der Waals surface area contributed by atoms with Gasteiger partial charge in [0.25, 0.3) is 0 Å². The average molecular weight is 414 g/mol. The molecule has 2 fully saturated rings. The highest BCUT2D eigenvalue weighted by molar-refractivity contribution is 5.89. The van der Waals surface area contributed by atoms with Gasteiger partial charge in [0.05, 0.1) is 30.2 Å². The Kier molecular flexibility index (Phi) is 4.77. The van der Waals surface area contributed by atoms with Crippen molar-refractivity contribution in [3.05, 3.63) is 71.5 Å². The molecule has 154 valence electrons. The fourth-order valence-electron chi connectivity index (χ4n) is 4.86. The number of hydrogen-bond donors (Lipinski definition) is 1. The number of aryl methyl sites for hydroxylation is 1. The Labute approximate surface area is 179 Å². The van der Waals surface area contributed by atoms with E-state index < -0.39 is 40.4 Å². The molecule has 6 nitrogen and oxygen atoms in total. The van der Waals surface area contributed by atoms with Crippen LogP contribution in [0.1, 0.15) is 24.5 Å². The molecule has 0 saturated carbocycles. The van der Waals surface area contributed by atoms with E-state index in [9.17, 15) is 20.2 Å². The number of ether oxygens (including phenoxy) is 2. The van der Waals surface area contributed by atoms with Crippen molar-refractivity contribution >= 4 is 5.90 Å². The van der Waals surface area contributed by atoms with Gasteiger partial charge >= 0.3 is 0 Å². The van der Waals surface area contributed by atoms with Crippen LogP contribution in [0.4, 0.5) is 4.39 Å². The molecular weight excluding hydrogens is 395 g/mol. The first-order chi connectivity index (χ1) is 14.9. The summed E-state index contributed by atoms with van der Waals surface area (Å²) in [5.41, 5.74) is -2.35. The molecule has 4 atom stereocenters. The zero-order valence-electron chi connectivity index (χ0n) is 16.8. The molecule has 4 rings (SSSR count). The number of nitrogens with one attached hydrogen (secondary N) is 1. The number of halogens is 1. The summed E-state index contributed by atoms with van der Waals surface area (Å²) < 4.78 is 25.8. The lowest BCUT2D eigenvalue weighted by molar-refractivity contribution is -0.286. The quantitative estimate of drug-likeness (QED) is 0.805. The topological polar surface area (TPSA) is 114 Å². The second-order valence-corrected chi connectivity index (χ2v) is 7.91. The first kappa shape index (κ1) is 20.5. The highest BCUT2D eigenvalue weighted by Crippen LogP contribution is 2.65. The molecule has 0 spiro atoms. The van der Waals surface area contributed by atoms with E-state index in [1.54, 1.807) is 6.92 Å². The fourth-order valence-corrected chi connectivity index (χ4v) is 4.86. The predicted octanol–water partition coefficient (Wildman–Crippen LogP) is 4.20. The van der Waals surface area contributed by atoms with Gasteiger partial charge in [0.2, 0.25) is 11.7 Å². The number of rotatable bonds is 4. The van der Waals surface area contributed by atoms with E-state index in [0.717, 1.165) is 5.56 Å². The summed E-state index contributed by atoms with van der Waals surface area (Å²) in [5.74, 6) is -3.35. The van der Waals surface area contributed by atoms with Gasteiger partial charge in [0.15, 0.2) is 10.8 Å². The van der Waals surface area contributed by atoms with Gasteiger partial charge in [-0.2, -0.15) is 15.8 Å². The van der Waals surface area contributed by atoms with E-state index in [2.05, 4.69) is 6.07 Å². The normalized spacial score (nSPS) is 30.5. The number of hydrogen-bond acceptors (Lipinski definition) is 6. The molecule has 4 unspecified atom stereocenters. The average Bonchev–Trinajstić information content (AvgIpc) is 2.95. The standard InChI is InChI=1S/C24H19FN4O2/c1-16-23(15-28)21(29)31-24(16,18-8-10-19(25)11-9-18)30-20(22(23,13-26)14-27)12-7-17-5-3-2-4-6-17/h2-6,8-11,16,20,29H,7,12H2,1H3. The largest absolute Gasteiger partial charge is 0.443 e. The third kappa shape index (κ3) is 2.59. The van der Waals surface area contributed by atoms with Crippen LogP contribution < -0.4 is 0 Å². The highest BCUT2D eigenvalue weighted by Gasteiger charge is 2.79. The molecular formula is C24H19FN4O2. The predicted molar refractivity (Wildman–Crippen MR) is 107 cm³/mol. The van der Waals surface area contributed by atoms with Crippen LogP contribution >= 0.6 is 0 Å². The zero-order valence-corrected chi connectivity index (χ0v) is 16.8. The van der Waals surface area contributed by atoms with Crippen LogP contribution in [0.25, 0.3) is 0 Å². The van der Waals surface area contributed by atoms with Crippen LogP contribution in [0, 0.1) is 62.0 Å². The van der Waals surface area contributed by atoms with Crippen LogP contribution in [-0.4, -0.2) is 12.0 Å². The lowest BCUT2D eigenvalue weighted by Gasteiger charge is -2.48. The summed E-state index contributed by atoms with van der Waals surface area (Å²) in [4.78, 5) is 0. The van der Waals surface area contributed by atoms with Crippen LogP contribution in [0.2, 0.25) is 0 Å². The number of benzene rings is 2. The van der Waals surface area contributed by atoms with Crippen molar-refractivity contribution in [1.82, 2.24) is 0 Å². The van der Waals surface area contributed by atoms with E-state index in [-0.39, 0.29) is 6.42 Å². The zero-order chi connectivity index (χ0) is 22.3. The Bertz CT molecular complexity index is 1130. The van der Waals surface area contributed by atoms with E-state index in [0.29, 0.717) is 12.0 Å². The van der Waals surface area contributed by atoms with E-state index in [4.69, 9.17) is 14.9 Å². The summed E-state index contributed by atoms with van der Waals surface area (Å²) in [5, 5.41) is 39.0. The first-order valence-electron chi connectivity index (χ1n) is 9.90. The minimum Gasteiger partial charge on any atom is -0.443 e. The molecule has 0 aliphatic carbocycles. The summed E-state index contributed by atoms with van der Waals surface area (Å²) >= 11 is 0. The van der Waals surface area contributed by atoms with Crippen molar-refractivity contribution in [2.75, 3.05) is 0 Å². The van der Waals surface area contributed by atoms with Gasteiger partial charge in [0, 0.05) is 5.56 Å². The lowest BCUT2D eigenvalue weighted by Crippen LogP contribution is -2.61. The van der Waals surface area contributed by atoms with Crippen molar-refractivity contribution in [1.29, 1.82) is 21.2 Å². The van der Waals surface area contributed by atoms with Gasteiger partial charge in [-0.25, -0.2) is 4.39 Å². The van der Waals surface area contributed by atoms with Crippen molar-refractivity contribution in [3.8, 4) is 18.2 Å². The molecule has 2 bridgehead atoms. The Morgan fingerprint density at radius 3 is 2.23 bits per heavy atom. The SMILES string of the molecule is CC1C2(c3ccc(F)cc3)OC(=N)C1(C#N)C(C#N)(C#N)C(CCc1ccccc1)O2. The van der Waals surface area contributed by atoms with E-state index >= 15 is 0 Å². The molecule has 0 aromatic heterocycles. The molecule has 2 heterocycles. The Morgan fingerprint density at radius 2 is 1.65 bits per heavy atom. The monoisotopic (exact) mass is 414 g/mol. The van der Waals surface area contributed by atoms with Gasteiger partial charge in [0.1, 0.15) is 5.82 Å². The van der Waals surface area contributed by atoms with Gasteiger partial charge in [-0.1, -0.05) is 37.3 Å². The second-order valence-electron chi connectivity index (χ2n) is 7.91. The van der Waals surface area contributed by atoms with Crippen molar-refractivity contribution in [3.63, 3.8) is 0 Å². The minimum atomic E-state index is -1.94. The van der Waals surface area contributed by atoms with Crippen molar-refractivity contribution in [2.24, 2.45) is 16.7 Å². The molecule has 2 aliphatic rings. The lowest BCUT2D eigenvalue weighted by atomic mass is 9.53. The van der Waals surface area contributed by atoms with E-state index in [1.165, 1.54) is 24.3 Å². The number of nitriles is 3. The smallest absolute Gasteiger partial charge is 0.243 e. The fraction of sp³-hybridized carbons (Fsp3) is 0.333. The Hall–Kier alpha value is -3.73. The van der Waals surface area contributed by atoms with Gasteiger partial charge in [-0.05, 0) is 42.7 Å². The van der Waals surface area contributed by atoms with Crippen LogP contribution in [-0.2, 0) is 21.7 Å².